The van der Waals surface area contributed by atoms with Gasteiger partial charge in [0, 0.05) is 38.2 Å². The number of carbonyl (C=O) groups excluding carboxylic acids is 2. The first-order valence-corrected chi connectivity index (χ1v) is 13.9. The van der Waals surface area contributed by atoms with Crippen molar-refractivity contribution in [3.05, 3.63) is 106 Å². The lowest BCUT2D eigenvalue weighted by Gasteiger charge is -2.31. The summed E-state index contributed by atoms with van der Waals surface area (Å²) >= 11 is 0. The second-order valence-corrected chi connectivity index (χ2v) is 10.5. The first kappa shape index (κ1) is 28.6. The molecular formula is C32H34F2N4O3. The van der Waals surface area contributed by atoms with Crippen LogP contribution in [0.15, 0.2) is 71.8 Å². The molecule has 2 aliphatic heterocycles. The van der Waals surface area contributed by atoms with Crippen molar-refractivity contribution in [3.63, 3.8) is 0 Å². The van der Waals surface area contributed by atoms with E-state index < -0.39 is 17.8 Å². The Labute approximate surface area is 239 Å². The van der Waals surface area contributed by atoms with Crippen LogP contribution in [0, 0.1) is 25.5 Å². The van der Waals surface area contributed by atoms with Gasteiger partial charge in [0.05, 0.1) is 25.0 Å². The normalized spacial score (nSPS) is 17.4. The second-order valence-electron chi connectivity index (χ2n) is 10.5. The van der Waals surface area contributed by atoms with Gasteiger partial charge in [-0.15, -0.1) is 0 Å². The summed E-state index contributed by atoms with van der Waals surface area (Å²) in [4.78, 5) is 31.1. The maximum absolute atomic E-state index is 14.0. The summed E-state index contributed by atoms with van der Waals surface area (Å²) in [6.07, 6.45) is 0.450. The molecule has 1 saturated heterocycles. The zero-order valence-corrected chi connectivity index (χ0v) is 23.4. The van der Waals surface area contributed by atoms with E-state index in [1.165, 1.54) is 40.2 Å². The molecule has 0 bridgehead atoms. The van der Waals surface area contributed by atoms with Crippen molar-refractivity contribution in [3.8, 4) is 0 Å². The topological polar surface area (TPSA) is 65.5 Å². The number of amides is 2. The molecule has 3 aromatic rings. The third-order valence-electron chi connectivity index (χ3n) is 7.74. The van der Waals surface area contributed by atoms with E-state index >= 15 is 0 Å². The summed E-state index contributed by atoms with van der Waals surface area (Å²) in [5.41, 5.74) is 4.85. The fourth-order valence-corrected chi connectivity index (χ4v) is 5.16. The average Bonchev–Trinajstić information content (AvgIpc) is 3.43. The molecule has 41 heavy (non-hydrogen) atoms. The summed E-state index contributed by atoms with van der Waals surface area (Å²) in [7, 11) is 0. The van der Waals surface area contributed by atoms with Crippen LogP contribution in [0.25, 0.3) is 0 Å². The molecule has 3 aromatic carbocycles. The summed E-state index contributed by atoms with van der Waals surface area (Å²) in [6.45, 7) is 7.35. The number of carbonyl (C=O) groups is 2. The quantitative estimate of drug-likeness (QED) is 0.400. The summed E-state index contributed by atoms with van der Waals surface area (Å²) in [5, 5.41) is 6.16. The van der Waals surface area contributed by atoms with Gasteiger partial charge >= 0.3 is 0 Å². The smallest absolute Gasteiger partial charge is 0.262 e. The lowest BCUT2D eigenvalue weighted by molar-refractivity contribution is -0.133. The molecular weight excluding hydrogens is 526 g/mol. The average molecular weight is 561 g/mol. The van der Waals surface area contributed by atoms with Crippen LogP contribution in [0.4, 0.5) is 8.78 Å². The number of halogens is 2. The fraction of sp³-hybridized carbons (Fsp3) is 0.344. The molecule has 2 heterocycles. The highest BCUT2D eigenvalue weighted by atomic mass is 19.1. The van der Waals surface area contributed by atoms with Crippen LogP contribution >= 0.6 is 0 Å². The minimum atomic E-state index is -0.520. The number of hydrazone groups is 1. The van der Waals surface area contributed by atoms with Crippen molar-refractivity contribution in [2.75, 3.05) is 45.9 Å². The van der Waals surface area contributed by atoms with Crippen LogP contribution in [0.2, 0.25) is 0 Å². The summed E-state index contributed by atoms with van der Waals surface area (Å²) < 4.78 is 33.2. The highest BCUT2D eigenvalue weighted by molar-refractivity contribution is 6.04. The molecule has 0 spiro atoms. The second kappa shape index (κ2) is 12.7. The van der Waals surface area contributed by atoms with Crippen molar-refractivity contribution >= 4 is 17.5 Å². The Hall–Kier alpha value is -3.95. The Bertz CT molecular complexity index is 1440. The number of ether oxygens (including phenoxy) is 1. The number of hydrogen-bond acceptors (Lipinski definition) is 5. The number of hydrogen-bond donors (Lipinski definition) is 0. The zero-order chi connectivity index (χ0) is 28.9. The molecule has 2 aliphatic rings. The molecule has 5 rings (SSSR count). The molecule has 0 aliphatic carbocycles. The van der Waals surface area contributed by atoms with E-state index in [1.54, 1.807) is 18.2 Å². The van der Waals surface area contributed by atoms with Crippen molar-refractivity contribution in [2.24, 2.45) is 5.10 Å². The molecule has 1 atom stereocenters. The van der Waals surface area contributed by atoms with Gasteiger partial charge in [-0.2, -0.15) is 5.10 Å². The van der Waals surface area contributed by atoms with Gasteiger partial charge in [0.25, 0.3) is 11.8 Å². The molecule has 0 N–H and O–H groups in total. The van der Waals surface area contributed by atoms with Gasteiger partial charge in [0.2, 0.25) is 0 Å². The Morgan fingerprint density at radius 3 is 2.41 bits per heavy atom. The third kappa shape index (κ3) is 6.86. The molecule has 1 fully saturated rings. The van der Waals surface area contributed by atoms with E-state index in [9.17, 15) is 18.4 Å². The predicted octanol–water partition coefficient (Wildman–Crippen LogP) is 4.73. The van der Waals surface area contributed by atoms with Gasteiger partial charge in [0.1, 0.15) is 18.2 Å². The van der Waals surface area contributed by atoms with Gasteiger partial charge in [-0.25, -0.2) is 13.8 Å². The maximum atomic E-state index is 14.0. The number of aryl methyl sites for hydroxylation is 2. The molecule has 214 valence electrons. The van der Waals surface area contributed by atoms with Crippen molar-refractivity contribution < 1.29 is 23.1 Å². The maximum Gasteiger partial charge on any atom is 0.262 e. The largest absolute Gasteiger partial charge is 0.379 e. The van der Waals surface area contributed by atoms with Crippen LogP contribution in [0.3, 0.4) is 0 Å². The van der Waals surface area contributed by atoms with Gasteiger partial charge in [0.15, 0.2) is 0 Å². The number of morpholine rings is 1. The molecule has 0 unspecified atom stereocenters. The minimum Gasteiger partial charge on any atom is -0.379 e. The number of rotatable bonds is 8. The standard InChI is InChI=1S/C32H34F2N4O3/c1-22-6-7-25(18-23(22)2)29-20-30(24-8-10-27(33)11-9-24)38(35-29)31(39)21-37(13-12-36-14-16-41-17-15-36)32(40)26-4-3-5-28(34)19-26/h3-11,18-19,30H,12-17,20-21H2,1-2H3/t30-/m0/s1. The van der Waals surface area contributed by atoms with E-state index in [-0.39, 0.29) is 30.4 Å². The molecule has 2 amide bonds. The number of benzene rings is 3. The Balaban J connectivity index is 1.42. The molecule has 7 nitrogen and oxygen atoms in total. The van der Waals surface area contributed by atoms with E-state index in [0.717, 1.165) is 41.1 Å². The predicted molar refractivity (Wildman–Crippen MR) is 153 cm³/mol. The number of nitrogens with zero attached hydrogens (tertiary/aromatic N) is 4. The van der Waals surface area contributed by atoms with E-state index in [1.807, 2.05) is 32.0 Å². The van der Waals surface area contributed by atoms with Crippen LogP contribution in [0.1, 0.15) is 45.1 Å². The van der Waals surface area contributed by atoms with Gasteiger partial charge in [-0.3, -0.25) is 14.5 Å². The van der Waals surface area contributed by atoms with Crippen LogP contribution in [0.5, 0.6) is 0 Å². The lowest BCUT2D eigenvalue weighted by Crippen LogP contribution is -2.46. The highest BCUT2D eigenvalue weighted by Gasteiger charge is 2.35. The fourth-order valence-electron chi connectivity index (χ4n) is 5.16. The van der Waals surface area contributed by atoms with Crippen LogP contribution in [-0.2, 0) is 9.53 Å². The SMILES string of the molecule is Cc1ccc(C2=NN(C(=O)CN(CCN3CCOCC3)C(=O)c3cccc(F)c3)[C@H](c3ccc(F)cc3)C2)cc1C. The monoisotopic (exact) mass is 560 g/mol. The van der Waals surface area contributed by atoms with Gasteiger partial charge < -0.3 is 9.64 Å². The lowest BCUT2D eigenvalue weighted by atomic mass is 9.96. The van der Waals surface area contributed by atoms with Crippen molar-refractivity contribution in [1.29, 1.82) is 0 Å². The summed E-state index contributed by atoms with van der Waals surface area (Å²) in [5.74, 6) is -1.68. The molecule has 0 aromatic heterocycles. The van der Waals surface area contributed by atoms with E-state index in [0.29, 0.717) is 26.2 Å². The molecule has 0 radical (unpaired) electrons. The van der Waals surface area contributed by atoms with Gasteiger partial charge in [-0.05, 0) is 72.5 Å². The van der Waals surface area contributed by atoms with Crippen LogP contribution in [-0.4, -0.2) is 78.3 Å². The first-order chi connectivity index (χ1) is 19.8. The highest BCUT2D eigenvalue weighted by Crippen LogP contribution is 2.33. The minimum absolute atomic E-state index is 0.176. The van der Waals surface area contributed by atoms with Crippen molar-refractivity contribution in [2.45, 2.75) is 26.3 Å². The molecule has 0 saturated carbocycles. The van der Waals surface area contributed by atoms with Gasteiger partial charge in [-0.1, -0.05) is 30.3 Å². The van der Waals surface area contributed by atoms with Crippen molar-refractivity contribution in [1.82, 2.24) is 14.8 Å². The van der Waals surface area contributed by atoms with E-state index in [4.69, 9.17) is 9.84 Å². The molecule has 9 heteroatoms. The Kier molecular flexibility index (Phi) is 8.85. The third-order valence-corrected chi connectivity index (χ3v) is 7.74. The summed E-state index contributed by atoms with van der Waals surface area (Å²) in [6, 6.07) is 17.1. The Morgan fingerprint density at radius 1 is 0.951 bits per heavy atom. The van der Waals surface area contributed by atoms with E-state index in [2.05, 4.69) is 4.90 Å². The zero-order valence-electron chi connectivity index (χ0n) is 23.4. The Morgan fingerprint density at radius 2 is 1.71 bits per heavy atom. The first-order valence-electron chi connectivity index (χ1n) is 13.9. The van der Waals surface area contributed by atoms with Crippen LogP contribution < -0.4 is 0 Å².